The number of benzene rings is 1. The summed E-state index contributed by atoms with van der Waals surface area (Å²) in [5, 5.41) is 3.02. The van der Waals surface area contributed by atoms with Crippen LogP contribution in [0.3, 0.4) is 0 Å². The molecule has 0 radical (unpaired) electrons. The van der Waals surface area contributed by atoms with Crippen LogP contribution < -0.4 is 11.1 Å². The number of nitrogens with one attached hydrogen (secondary N) is 1. The van der Waals surface area contributed by atoms with Crippen molar-refractivity contribution in [3.63, 3.8) is 0 Å². The van der Waals surface area contributed by atoms with E-state index in [1.54, 1.807) is 7.11 Å². The molecule has 1 atom stereocenters. The molecule has 0 saturated heterocycles. The Morgan fingerprint density at radius 1 is 1.39 bits per heavy atom. The average molecular weight is 262 g/mol. The van der Waals surface area contributed by atoms with Gasteiger partial charge in [0.25, 0.3) is 0 Å². The molecule has 0 aliphatic rings. The number of nitrogens with two attached hydrogens (primary N) is 1. The molecule has 0 bridgehead atoms. The molecule has 3 nitrogen and oxygen atoms in total. The summed E-state index contributed by atoms with van der Waals surface area (Å²) in [7, 11) is 1.57. The largest absolute Gasteiger partial charge is 0.416 e. The minimum atomic E-state index is -4.34. The third-order valence-electron chi connectivity index (χ3n) is 2.63. The molecule has 1 unspecified atom stereocenters. The van der Waals surface area contributed by atoms with E-state index in [2.05, 4.69) is 5.32 Å². The van der Waals surface area contributed by atoms with Gasteiger partial charge in [0.1, 0.15) is 0 Å². The molecule has 0 spiro atoms. The zero-order chi connectivity index (χ0) is 13.8. The standard InChI is InChI=1S/C12H17F3N2O/c1-8(18-2)7-17-11-4-3-10(12(13,14)15)5-9(11)6-16/h3-5,8,17H,6-7,16H2,1-2H3. The van der Waals surface area contributed by atoms with Gasteiger partial charge in [-0.3, -0.25) is 0 Å². The summed E-state index contributed by atoms with van der Waals surface area (Å²) in [5.74, 6) is 0. The number of methoxy groups -OCH3 is 1. The summed E-state index contributed by atoms with van der Waals surface area (Å²) < 4.78 is 42.6. The fourth-order valence-corrected chi connectivity index (χ4v) is 1.45. The van der Waals surface area contributed by atoms with Gasteiger partial charge in [-0.2, -0.15) is 13.2 Å². The number of halogens is 3. The first-order valence-electron chi connectivity index (χ1n) is 5.55. The number of alkyl halides is 3. The van der Waals surface area contributed by atoms with Crippen molar-refractivity contribution in [3.8, 4) is 0 Å². The maximum absolute atomic E-state index is 12.5. The number of rotatable bonds is 5. The van der Waals surface area contributed by atoms with Gasteiger partial charge in [0.15, 0.2) is 0 Å². The molecule has 0 fully saturated rings. The summed E-state index contributed by atoms with van der Waals surface area (Å²) >= 11 is 0. The zero-order valence-electron chi connectivity index (χ0n) is 10.3. The number of ether oxygens (including phenoxy) is 1. The number of hydrogen-bond donors (Lipinski definition) is 2. The third kappa shape index (κ3) is 3.89. The van der Waals surface area contributed by atoms with Crippen molar-refractivity contribution in [2.24, 2.45) is 5.73 Å². The Morgan fingerprint density at radius 3 is 2.56 bits per heavy atom. The van der Waals surface area contributed by atoms with E-state index in [9.17, 15) is 13.2 Å². The Bertz CT molecular complexity index is 393. The van der Waals surface area contributed by atoms with E-state index in [4.69, 9.17) is 10.5 Å². The van der Waals surface area contributed by atoms with Crippen LogP contribution in [0.1, 0.15) is 18.1 Å². The van der Waals surface area contributed by atoms with E-state index in [-0.39, 0.29) is 12.6 Å². The van der Waals surface area contributed by atoms with Crippen LogP contribution in [0.15, 0.2) is 18.2 Å². The second-order valence-electron chi connectivity index (χ2n) is 4.00. The fraction of sp³-hybridized carbons (Fsp3) is 0.500. The normalized spacial score (nSPS) is 13.4. The SMILES string of the molecule is COC(C)CNc1ccc(C(F)(F)F)cc1CN. The lowest BCUT2D eigenvalue weighted by Gasteiger charge is -2.16. The topological polar surface area (TPSA) is 47.3 Å². The monoisotopic (exact) mass is 262 g/mol. The smallest absolute Gasteiger partial charge is 0.382 e. The van der Waals surface area contributed by atoms with E-state index >= 15 is 0 Å². The Labute approximate surface area is 104 Å². The summed E-state index contributed by atoms with van der Waals surface area (Å²) in [6.45, 7) is 2.42. The molecule has 0 amide bonds. The Hall–Kier alpha value is -1.27. The van der Waals surface area contributed by atoms with Crippen molar-refractivity contribution in [2.75, 3.05) is 19.0 Å². The van der Waals surface area contributed by atoms with Crippen molar-refractivity contribution in [1.29, 1.82) is 0 Å². The molecule has 0 aliphatic heterocycles. The first-order valence-corrected chi connectivity index (χ1v) is 5.55. The second kappa shape index (κ2) is 6.06. The van der Waals surface area contributed by atoms with Crippen LogP contribution in [0.5, 0.6) is 0 Å². The van der Waals surface area contributed by atoms with Crippen LogP contribution in [-0.4, -0.2) is 19.8 Å². The van der Waals surface area contributed by atoms with Crippen LogP contribution in [0, 0.1) is 0 Å². The summed E-state index contributed by atoms with van der Waals surface area (Å²) in [6, 6.07) is 3.51. The molecule has 102 valence electrons. The first-order chi connectivity index (χ1) is 8.38. The summed E-state index contributed by atoms with van der Waals surface area (Å²) in [5.41, 5.74) is 5.82. The Balaban J connectivity index is 2.87. The lowest BCUT2D eigenvalue weighted by molar-refractivity contribution is -0.137. The minimum Gasteiger partial charge on any atom is -0.382 e. The second-order valence-corrected chi connectivity index (χ2v) is 4.00. The molecule has 0 heterocycles. The maximum Gasteiger partial charge on any atom is 0.416 e. The van der Waals surface area contributed by atoms with Gasteiger partial charge in [0.2, 0.25) is 0 Å². The number of hydrogen-bond acceptors (Lipinski definition) is 3. The molecule has 0 aliphatic carbocycles. The molecule has 3 N–H and O–H groups in total. The van der Waals surface area contributed by atoms with Crippen molar-refractivity contribution in [3.05, 3.63) is 29.3 Å². The predicted molar refractivity (Wildman–Crippen MR) is 64.3 cm³/mol. The van der Waals surface area contributed by atoms with E-state index in [0.717, 1.165) is 12.1 Å². The van der Waals surface area contributed by atoms with E-state index < -0.39 is 11.7 Å². The van der Waals surface area contributed by atoms with E-state index in [1.165, 1.54) is 6.07 Å². The fourth-order valence-electron chi connectivity index (χ4n) is 1.45. The van der Waals surface area contributed by atoms with Gasteiger partial charge in [-0.05, 0) is 30.7 Å². The van der Waals surface area contributed by atoms with Crippen molar-refractivity contribution in [2.45, 2.75) is 25.7 Å². The minimum absolute atomic E-state index is 0.0297. The van der Waals surface area contributed by atoms with Crippen LogP contribution in [0.4, 0.5) is 18.9 Å². The highest BCUT2D eigenvalue weighted by molar-refractivity contribution is 5.53. The molecule has 1 aromatic carbocycles. The third-order valence-corrected chi connectivity index (χ3v) is 2.63. The van der Waals surface area contributed by atoms with Crippen molar-refractivity contribution >= 4 is 5.69 Å². The maximum atomic E-state index is 12.5. The van der Waals surface area contributed by atoms with Gasteiger partial charge < -0.3 is 15.8 Å². The van der Waals surface area contributed by atoms with Gasteiger partial charge in [-0.25, -0.2) is 0 Å². The quantitative estimate of drug-likeness (QED) is 0.857. The molecular weight excluding hydrogens is 245 g/mol. The lowest BCUT2D eigenvalue weighted by atomic mass is 10.1. The molecule has 0 aromatic heterocycles. The van der Waals surface area contributed by atoms with Crippen molar-refractivity contribution in [1.82, 2.24) is 0 Å². The molecule has 0 saturated carbocycles. The zero-order valence-corrected chi connectivity index (χ0v) is 10.3. The molecule has 6 heteroatoms. The van der Waals surface area contributed by atoms with Crippen molar-refractivity contribution < 1.29 is 17.9 Å². The van der Waals surface area contributed by atoms with Gasteiger partial charge in [0, 0.05) is 25.9 Å². The predicted octanol–water partition coefficient (Wildman–Crippen LogP) is 2.61. The van der Waals surface area contributed by atoms with Gasteiger partial charge in [-0.15, -0.1) is 0 Å². The van der Waals surface area contributed by atoms with Crippen LogP contribution in [-0.2, 0) is 17.5 Å². The Morgan fingerprint density at radius 2 is 2.06 bits per heavy atom. The molecular formula is C12H17F3N2O. The van der Waals surface area contributed by atoms with Gasteiger partial charge in [-0.1, -0.05) is 0 Å². The van der Waals surface area contributed by atoms with E-state index in [0.29, 0.717) is 17.8 Å². The summed E-state index contributed by atoms with van der Waals surface area (Å²) in [6.07, 6.45) is -4.37. The van der Waals surface area contributed by atoms with Crippen LogP contribution >= 0.6 is 0 Å². The molecule has 1 rings (SSSR count). The molecule has 18 heavy (non-hydrogen) atoms. The highest BCUT2D eigenvalue weighted by Crippen LogP contribution is 2.31. The molecule has 1 aromatic rings. The highest BCUT2D eigenvalue weighted by atomic mass is 19.4. The number of anilines is 1. The lowest BCUT2D eigenvalue weighted by Crippen LogP contribution is -2.19. The Kier molecular flexibility index (Phi) is 4.98. The van der Waals surface area contributed by atoms with Gasteiger partial charge in [0.05, 0.1) is 11.7 Å². The first kappa shape index (κ1) is 14.8. The summed E-state index contributed by atoms with van der Waals surface area (Å²) in [4.78, 5) is 0. The highest BCUT2D eigenvalue weighted by Gasteiger charge is 2.30. The average Bonchev–Trinajstić information content (AvgIpc) is 2.34. The van der Waals surface area contributed by atoms with Gasteiger partial charge >= 0.3 is 6.18 Å². The van der Waals surface area contributed by atoms with Crippen LogP contribution in [0.2, 0.25) is 0 Å². The van der Waals surface area contributed by atoms with E-state index in [1.807, 2.05) is 6.92 Å². The van der Waals surface area contributed by atoms with Crippen LogP contribution in [0.25, 0.3) is 0 Å².